The van der Waals surface area contributed by atoms with Crippen LogP contribution in [0.15, 0.2) is 12.4 Å². The molecule has 0 radical (unpaired) electrons. The third-order valence-corrected chi connectivity index (χ3v) is 3.26. The summed E-state index contributed by atoms with van der Waals surface area (Å²) in [6.07, 6.45) is 6.34. The van der Waals surface area contributed by atoms with Crippen LogP contribution < -0.4 is 11.1 Å². The molecular formula is C13H21N3. The van der Waals surface area contributed by atoms with Gasteiger partial charge in [0.05, 0.1) is 0 Å². The molecule has 0 fully saturated rings. The van der Waals surface area contributed by atoms with Crippen molar-refractivity contribution in [2.45, 2.75) is 39.2 Å². The zero-order chi connectivity index (χ0) is 11.5. The highest BCUT2D eigenvalue weighted by atomic mass is 14.9. The fourth-order valence-electron chi connectivity index (χ4n) is 2.54. The molecule has 16 heavy (non-hydrogen) atoms. The molecule has 0 amide bonds. The van der Waals surface area contributed by atoms with Gasteiger partial charge < -0.3 is 11.1 Å². The van der Waals surface area contributed by atoms with Crippen molar-refractivity contribution in [3.63, 3.8) is 0 Å². The van der Waals surface area contributed by atoms with Crippen LogP contribution in [-0.2, 0) is 6.54 Å². The number of anilines is 1. The maximum Gasteiger partial charge on any atom is 0.0452 e. The molecule has 1 aromatic rings. The van der Waals surface area contributed by atoms with Crippen molar-refractivity contribution in [3.05, 3.63) is 23.5 Å². The predicted molar refractivity (Wildman–Crippen MR) is 67.4 cm³/mol. The van der Waals surface area contributed by atoms with Crippen molar-refractivity contribution in [2.75, 3.05) is 11.9 Å². The van der Waals surface area contributed by atoms with Gasteiger partial charge in [0, 0.05) is 36.7 Å². The largest absolute Gasteiger partial charge is 0.384 e. The lowest BCUT2D eigenvalue weighted by molar-refractivity contribution is 0.476. The summed E-state index contributed by atoms with van der Waals surface area (Å²) in [5.41, 5.74) is 9.49. The molecule has 3 nitrogen and oxygen atoms in total. The van der Waals surface area contributed by atoms with Crippen LogP contribution in [0.3, 0.4) is 0 Å². The normalized spacial score (nSPS) is 19.4. The van der Waals surface area contributed by atoms with Gasteiger partial charge in [-0.25, -0.2) is 0 Å². The molecular weight excluding hydrogens is 198 g/mol. The van der Waals surface area contributed by atoms with Gasteiger partial charge in [0.2, 0.25) is 0 Å². The van der Waals surface area contributed by atoms with E-state index >= 15 is 0 Å². The van der Waals surface area contributed by atoms with Gasteiger partial charge in [-0.05, 0) is 30.2 Å². The van der Waals surface area contributed by atoms with E-state index in [2.05, 4.69) is 24.1 Å². The Bertz CT molecular complexity index is 360. The van der Waals surface area contributed by atoms with Crippen molar-refractivity contribution in [1.82, 2.24) is 4.98 Å². The molecule has 2 heterocycles. The highest BCUT2D eigenvalue weighted by Gasteiger charge is 2.22. The third-order valence-electron chi connectivity index (χ3n) is 3.26. The zero-order valence-electron chi connectivity index (χ0n) is 10.2. The lowest BCUT2D eigenvalue weighted by Crippen LogP contribution is -2.20. The van der Waals surface area contributed by atoms with Crippen molar-refractivity contribution in [2.24, 2.45) is 11.7 Å². The summed E-state index contributed by atoms with van der Waals surface area (Å²) in [5, 5.41) is 3.47. The Morgan fingerprint density at radius 2 is 2.31 bits per heavy atom. The van der Waals surface area contributed by atoms with Gasteiger partial charge in [0.25, 0.3) is 0 Å². The molecule has 1 aliphatic rings. The first-order valence-corrected chi connectivity index (χ1v) is 6.13. The lowest BCUT2D eigenvalue weighted by Gasteiger charge is -2.29. The van der Waals surface area contributed by atoms with E-state index in [1.165, 1.54) is 24.1 Å². The molecule has 0 saturated heterocycles. The monoisotopic (exact) mass is 219 g/mol. The summed E-state index contributed by atoms with van der Waals surface area (Å²) >= 11 is 0. The summed E-state index contributed by atoms with van der Waals surface area (Å²) in [5.74, 6) is 1.38. The molecule has 1 atom stereocenters. The number of fused-ring (bicyclic) bond motifs is 1. The predicted octanol–water partition coefficient (Wildman–Crippen LogP) is 2.49. The molecule has 88 valence electrons. The van der Waals surface area contributed by atoms with Crippen LogP contribution in [-0.4, -0.2) is 11.5 Å². The summed E-state index contributed by atoms with van der Waals surface area (Å²) in [6, 6.07) is 0. The first kappa shape index (κ1) is 11.4. The van der Waals surface area contributed by atoms with Crippen LogP contribution in [0.5, 0.6) is 0 Å². The smallest absolute Gasteiger partial charge is 0.0452 e. The molecule has 3 heteroatoms. The average molecular weight is 219 g/mol. The Kier molecular flexibility index (Phi) is 3.44. The Morgan fingerprint density at radius 3 is 3.00 bits per heavy atom. The molecule has 1 unspecified atom stereocenters. The first-order chi connectivity index (χ1) is 7.72. The Morgan fingerprint density at radius 1 is 1.50 bits per heavy atom. The van der Waals surface area contributed by atoms with Crippen LogP contribution >= 0.6 is 0 Å². The van der Waals surface area contributed by atoms with Crippen LogP contribution in [0.2, 0.25) is 0 Å². The third kappa shape index (κ3) is 2.19. The summed E-state index contributed by atoms with van der Waals surface area (Å²) < 4.78 is 0. The topological polar surface area (TPSA) is 50.9 Å². The van der Waals surface area contributed by atoms with Crippen molar-refractivity contribution in [1.29, 1.82) is 0 Å². The number of rotatable bonds is 3. The van der Waals surface area contributed by atoms with E-state index in [0.29, 0.717) is 12.5 Å². The highest BCUT2D eigenvalue weighted by Crippen LogP contribution is 2.36. The number of pyridine rings is 1. The lowest BCUT2D eigenvalue weighted by atomic mass is 9.85. The Hall–Kier alpha value is -1.09. The van der Waals surface area contributed by atoms with Gasteiger partial charge in [-0.2, -0.15) is 0 Å². The van der Waals surface area contributed by atoms with E-state index in [1.807, 2.05) is 12.4 Å². The van der Waals surface area contributed by atoms with Gasteiger partial charge in [-0.3, -0.25) is 4.98 Å². The quantitative estimate of drug-likeness (QED) is 0.821. The van der Waals surface area contributed by atoms with Gasteiger partial charge in [-0.1, -0.05) is 13.8 Å². The summed E-state index contributed by atoms with van der Waals surface area (Å²) in [4.78, 5) is 4.31. The molecule has 0 aliphatic carbocycles. The number of nitrogens with zero attached hydrogens (tertiary/aromatic N) is 1. The SMILES string of the molecule is CC(C)CC1CCNc2c(CN)cncc21. The standard InChI is InChI=1S/C13H21N3/c1-9(2)5-10-3-4-16-13-11(6-14)7-15-8-12(10)13/h7-10,16H,3-6,14H2,1-2H3. The molecule has 0 aromatic carbocycles. The fourth-order valence-corrected chi connectivity index (χ4v) is 2.54. The van der Waals surface area contributed by atoms with E-state index < -0.39 is 0 Å². The van der Waals surface area contributed by atoms with Gasteiger partial charge in [0.15, 0.2) is 0 Å². The van der Waals surface area contributed by atoms with E-state index in [9.17, 15) is 0 Å². The van der Waals surface area contributed by atoms with E-state index in [1.54, 1.807) is 0 Å². The van der Waals surface area contributed by atoms with Crippen LogP contribution in [0, 0.1) is 5.92 Å². The number of aromatic nitrogens is 1. The fraction of sp³-hybridized carbons (Fsp3) is 0.615. The number of hydrogen-bond acceptors (Lipinski definition) is 3. The molecule has 2 rings (SSSR count). The second-order valence-electron chi connectivity index (χ2n) is 5.01. The minimum Gasteiger partial charge on any atom is -0.384 e. The van der Waals surface area contributed by atoms with E-state index in [-0.39, 0.29) is 0 Å². The molecule has 1 aliphatic heterocycles. The molecule has 1 aromatic heterocycles. The van der Waals surface area contributed by atoms with Crippen molar-refractivity contribution < 1.29 is 0 Å². The van der Waals surface area contributed by atoms with Crippen LogP contribution in [0.25, 0.3) is 0 Å². The van der Waals surface area contributed by atoms with Gasteiger partial charge in [-0.15, -0.1) is 0 Å². The minimum atomic E-state index is 0.567. The van der Waals surface area contributed by atoms with Gasteiger partial charge >= 0.3 is 0 Å². The highest BCUT2D eigenvalue weighted by molar-refractivity contribution is 5.59. The van der Waals surface area contributed by atoms with Crippen LogP contribution in [0.4, 0.5) is 5.69 Å². The summed E-state index contributed by atoms with van der Waals surface area (Å²) in [6.45, 7) is 6.18. The minimum absolute atomic E-state index is 0.567. The number of hydrogen-bond donors (Lipinski definition) is 2. The number of nitrogens with two attached hydrogens (primary N) is 1. The van der Waals surface area contributed by atoms with Crippen molar-refractivity contribution in [3.8, 4) is 0 Å². The van der Waals surface area contributed by atoms with Gasteiger partial charge in [0.1, 0.15) is 0 Å². The van der Waals surface area contributed by atoms with Crippen LogP contribution in [0.1, 0.15) is 43.7 Å². The molecule has 0 bridgehead atoms. The zero-order valence-corrected chi connectivity index (χ0v) is 10.2. The van der Waals surface area contributed by atoms with E-state index in [0.717, 1.165) is 18.0 Å². The summed E-state index contributed by atoms with van der Waals surface area (Å²) in [7, 11) is 0. The number of nitrogens with one attached hydrogen (secondary N) is 1. The molecule has 0 spiro atoms. The van der Waals surface area contributed by atoms with Crippen molar-refractivity contribution >= 4 is 5.69 Å². The molecule has 3 N–H and O–H groups in total. The maximum atomic E-state index is 5.74. The average Bonchev–Trinajstić information content (AvgIpc) is 2.28. The second-order valence-corrected chi connectivity index (χ2v) is 5.01. The maximum absolute atomic E-state index is 5.74. The second kappa shape index (κ2) is 4.83. The Labute approximate surface area is 97.5 Å². The van der Waals surface area contributed by atoms with E-state index in [4.69, 9.17) is 5.73 Å². The molecule has 0 saturated carbocycles. The Balaban J connectivity index is 2.31. The first-order valence-electron chi connectivity index (χ1n) is 6.13.